The van der Waals surface area contributed by atoms with Crippen LogP contribution in [0.1, 0.15) is 35.3 Å². The summed E-state index contributed by atoms with van der Waals surface area (Å²) < 4.78 is 36.2. The molecular weight excluding hydrogens is 406 g/mol. The molecule has 0 spiro atoms. The highest BCUT2D eigenvalue weighted by Gasteiger charge is 2.20. The molecule has 2 aromatic carbocycles. The van der Waals surface area contributed by atoms with Gasteiger partial charge >= 0.3 is 11.9 Å². The first kappa shape index (κ1) is 23.3. The summed E-state index contributed by atoms with van der Waals surface area (Å²) >= 11 is 0. The molecule has 2 aromatic rings. The number of rotatable bonds is 9. The average Bonchev–Trinajstić information content (AvgIpc) is 2.76. The van der Waals surface area contributed by atoms with E-state index in [9.17, 15) is 18.0 Å². The number of hydrogen-bond acceptors (Lipinski definition) is 6. The van der Waals surface area contributed by atoms with E-state index in [0.29, 0.717) is 29.8 Å². The summed E-state index contributed by atoms with van der Waals surface area (Å²) in [4.78, 5) is 23.7. The number of nitrogens with zero attached hydrogens (tertiary/aromatic N) is 1. The largest absolute Gasteiger partial charge is 0.465 e. The van der Waals surface area contributed by atoms with Gasteiger partial charge in [-0.25, -0.2) is 18.0 Å². The Morgan fingerprint density at radius 1 is 1.03 bits per heavy atom. The van der Waals surface area contributed by atoms with Crippen molar-refractivity contribution in [2.75, 3.05) is 20.2 Å². The number of methoxy groups -OCH3 is 1. The van der Waals surface area contributed by atoms with Crippen molar-refractivity contribution in [3.8, 4) is 0 Å². The van der Waals surface area contributed by atoms with Gasteiger partial charge in [0, 0.05) is 19.2 Å². The van der Waals surface area contributed by atoms with Crippen LogP contribution in [0.15, 0.2) is 59.5 Å². The number of carbonyl (C=O) groups is 2. The van der Waals surface area contributed by atoms with Crippen molar-refractivity contribution in [2.45, 2.75) is 25.3 Å². The smallest absolute Gasteiger partial charge is 0.337 e. The van der Waals surface area contributed by atoms with Crippen molar-refractivity contribution in [3.05, 3.63) is 71.3 Å². The summed E-state index contributed by atoms with van der Waals surface area (Å²) in [5.41, 5.74) is 1.70. The van der Waals surface area contributed by atoms with Crippen molar-refractivity contribution >= 4 is 28.0 Å². The van der Waals surface area contributed by atoms with Gasteiger partial charge in [0.05, 0.1) is 17.6 Å². The third kappa shape index (κ3) is 6.01. The summed E-state index contributed by atoms with van der Waals surface area (Å²) in [5, 5.41) is 0. The Balaban J connectivity index is 1.98. The Hall–Kier alpha value is -2.97. The predicted molar refractivity (Wildman–Crippen MR) is 113 cm³/mol. The third-order valence-electron chi connectivity index (χ3n) is 4.36. The van der Waals surface area contributed by atoms with E-state index in [-0.39, 0.29) is 11.5 Å². The van der Waals surface area contributed by atoms with Gasteiger partial charge in [0.2, 0.25) is 10.0 Å². The van der Waals surface area contributed by atoms with Gasteiger partial charge in [-0.05, 0) is 41.5 Å². The van der Waals surface area contributed by atoms with E-state index in [0.717, 1.165) is 0 Å². The summed E-state index contributed by atoms with van der Waals surface area (Å²) in [5.74, 6) is -1.02. The van der Waals surface area contributed by atoms with Gasteiger partial charge in [0.15, 0.2) is 0 Å². The van der Waals surface area contributed by atoms with Crippen LogP contribution >= 0.6 is 0 Å². The molecule has 0 radical (unpaired) electrons. The molecule has 0 aliphatic rings. The van der Waals surface area contributed by atoms with Crippen LogP contribution in [-0.4, -0.2) is 44.9 Å². The summed E-state index contributed by atoms with van der Waals surface area (Å²) in [6, 6.07) is 12.9. The molecule has 0 aliphatic heterocycles. The van der Waals surface area contributed by atoms with E-state index in [4.69, 9.17) is 4.74 Å². The lowest BCUT2D eigenvalue weighted by Gasteiger charge is -2.18. The Kier molecular flexibility index (Phi) is 8.32. The minimum atomic E-state index is -3.52. The van der Waals surface area contributed by atoms with Crippen LogP contribution in [0.2, 0.25) is 0 Å². The molecule has 0 N–H and O–H groups in total. The topological polar surface area (TPSA) is 90.0 Å². The number of sulfonamides is 1. The third-order valence-corrected chi connectivity index (χ3v) is 6.43. The second-order valence-corrected chi connectivity index (χ2v) is 8.23. The molecule has 0 heterocycles. The predicted octanol–water partition coefficient (Wildman–Crippen LogP) is 3.26. The molecule has 0 amide bonds. The van der Waals surface area contributed by atoms with E-state index in [1.54, 1.807) is 56.3 Å². The number of ether oxygens (including phenoxy) is 2. The molecule has 30 heavy (non-hydrogen) atoms. The number of carbonyl (C=O) groups excluding carboxylic acids is 2. The zero-order valence-electron chi connectivity index (χ0n) is 17.2. The Labute approximate surface area is 177 Å². The van der Waals surface area contributed by atoms with Crippen molar-refractivity contribution in [3.63, 3.8) is 0 Å². The maximum atomic E-state index is 12.5. The molecule has 7 nitrogen and oxygen atoms in total. The van der Waals surface area contributed by atoms with Crippen LogP contribution in [0.25, 0.3) is 6.08 Å². The van der Waals surface area contributed by atoms with Crippen molar-refractivity contribution in [2.24, 2.45) is 0 Å². The molecule has 0 bridgehead atoms. The molecule has 2 rings (SSSR count). The van der Waals surface area contributed by atoms with Crippen LogP contribution in [0.4, 0.5) is 0 Å². The molecule has 0 fully saturated rings. The second-order valence-electron chi connectivity index (χ2n) is 6.29. The maximum absolute atomic E-state index is 12.5. The van der Waals surface area contributed by atoms with Crippen LogP contribution in [0.5, 0.6) is 0 Å². The Morgan fingerprint density at radius 2 is 1.70 bits per heavy atom. The first-order valence-corrected chi connectivity index (χ1v) is 10.9. The van der Waals surface area contributed by atoms with Crippen molar-refractivity contribution in [1.29, 1.82) is 0 Å². The summed E-state index contributed by atoms with van der Waals surface area (Å²) in [6.45, 7) is 4.38. The molecule has 0 aliphatic carbocycles. The van der Waals surface area contributed by atoms with Gasteiger partial charge in [-0.2, -0.15) is 4.31 Å². The van der Waals surface area contributed by atoms with E-state index in [2.05, 4.69) is 4.74 Å². The van der Waals surface area contributed by atoms with Crippen LogP contribution in [-0.2, 0) is 30.9 Å². The van der Waals surface area contributed by atoms with Crippen molar-refractivity contribution in [1.82, 2.24) is 4.31 Å². The van der Waals surface area contributed by atoms with Gasteiger partial charge < -0.3 is 9.47 Å². The molecule has 0 saturated heterocycles. The molecule has 0 saturated carbocycles. The fraction of sp³-hybridized carbons (Fsp3) is 0.273. The highest BCUT2D eigenvalue weighted by Crippen LogP contribution is 2.17. The van der Waals surface area contributed by atoms with Gasteiger partial charge in [-0.15, -0.1) is 0 Å². The Morgan fingerprint density at radius 3 is 2.30 bits per heavy atom. The number of hydrogen-bond donors (Lipinski definition) is 0. The molecule has 0 atom stereocenters. The molecule has 0 aromatic heterocycles. The zero-order chi connectivity index (χ0) is 22.1. The lowest BCUT2D eigenvalue weighted by molar-refractivity contribution is -0.138. The minimum absolute atomic E-state index is 0.00899. The quantitative estimate of drug-likeness (QED) is 0.447. The van der Waals surface area contributed by atoms with Crippen LogP contribution in [0.3, 0.4) is 0 Å². The zero-order valence-corrected chi connectivity index (χ0v) is 18.0. The molecule has 0 unspecified atom stereocenters. The standard InChI is InChI=1S/C22H25NO6S/c1-4-23(5-2)30(26,27)20-12-9-17(10-13-20)11-14-21(24)29-16-18-7-6-8-19(15-18)22(25)28-3/h6-15H,4-5,16H2,1-3H3/b14-11+. The van der Waals surface area contributed by atoms with Gasteiger partial charge in [-0.1, -0.05) is 38.1 Å². The molecule has 160 valence electrons. The lowest BCUT2D eigenvalue weighted by atomic mass is 10.1. The van der Waals surface area contributed by atoms with Crippen molar-refractivity contribution < 1.29 is 27.5 Å². The maximum Gasteiger partial charge on any atom is 0.337 e. The fourth-order valence-electron chi connectivity index (χ4n) is 2.74. The lowest BCUT2D eigenvalue weighted by Crippen LogP contribution is -2.30. The normalized spacial score (nSPS) is 11.6. The number of esters is 2. The summed E-state index contributed by atoms with van der Waals surface area (Å²) in [6.07, 6.45) is 2.80. The van der Waals surface area contributed by atoms with Crippen LogP contribution in [0, 0.1) is 0 Å². The van der Waals surface area contributed by atoms with Crippen LogP contribution < -0.4 is 0 Å². The van der Waals surface area contributed by atoms with Gasteiger partial charge in [0.25, 0.3) is 0 Å². The average molecular weight is 432 g/mol. The molecular formula is C22H25NO6S. The number of benzene rings is 2. The highest BCUT2D eigenvalue weighted by molar-refractivity contribution is 7.89. The summed E-state index contributed by atoms with van der Waals surface area (Å²) in [7, 11) is -2.22. The van der Waals surface area contributed by atoms with Gasteiger partial charge in [0.1, 0.15) is 6.61 Å². The van der Waals surface area contributed by atoms with E-state index >= 15 is 0 Å². The Bertz CT molecular complexity index is 1010. The monoisotopic (exact) mass is 431 g/mol. The fourth-order valence-corrected chi connectivity index (χ4v) is 4.19. The van der Waals surface area contributed by atoms with Gasteiger partial charge in [-0.3, -0.25) is 0 Å². The minimum Gasteiger partial charge on any atom is -0.465 e. The first-order valence-electron chi connectivity index (χ1n) is 9.44. The van der Waals surface area contributed by atoms with E-state index < -0.39 is 22.0 Å². The van der Waals surface area contributed by atoms with E-state index in [1.807, 2.05) is 0 Å². The first-order chi connectivity index (χ1) is 14.3. The molecule has 8 heteroatoms. The SMILES string of the molecule is CCN(CC)S(=O)(=O)c1ccc(/C=C/C(=O)OCc2cccc(C(=O)OC)c2)cc1. The van der Waals surface area contributed by atoms with E-state index in [1.165, 1.54) is 29.6 Å². The second kappa shape index (κ2) is 10.7. The highest BCUT2D eigenvalue weighted by atomic mass is 32.2.